The van der Waals surface area contributed by atoms with E-state index in [9.17, 15) is 0 Å². The van der Waals surface area contributed by atoms with Crippen molar-refractivity contribution in [3.8, 4) is 0 Å². The van der Waals surface area contributed by atoms with Crippen LogP contribution in [0.5, 0.6) is 0 Å². The van der Waals surface area contributed by atoms with Gasteiger partial charge in [-0.3, -0.25) is 0 Å². The Morgan fingerprint density at radius 2 is 2.41 bits per heavy atom. The zero-order valence-corrected chi connectivity index (χ0v) is 10.2. The minimum absolute atomic E-state index is 0.625. The smallest absolute Gasteiger partial charge is 0.256 e. The molecule has 1 aromatic heterocycles. The van der Waals surface area contributed by atoms with Gasteiger partial charge in [0.2, 0.25) is 0 Å². The van der Waals surface area contributed by atoms with Crippen LogP contribution in [0.15, 0.2) is 27.8 Å². The Morgan fingerprint density at radius 1 is 1.47 bits per heavy atom. The van der Waals surface area contributed by atoms with Gasteiger partial charge in [0.25, 0.3) is 5.22 Å². The topological polar surface area (TPSA) is 61.3 Å². The van der Waals surface area contributed by atoms with Crippen molar-refractivity contribution >= 4 is 28.5 Å². The average molecular weight is 250 g/mol. The molecular formula is C12H14N2O2S. The summed E-state index contributed by atoms with van der Waals surface area (Å²) in [6.07, 6.45) is 1.14. The summed E-state index contributed by atoms with van der Waals surface area (Å²) in [7, 11) is 0. The minimum atomic E-state index is 0.625. The second kappa shape index (κ2) is 4.58. The van der Waals surface area contributed by atoms with E-state index in [0.29, 0.717) is 11.6 Å². The number of fused-ring (bicyclic) bond motifs is 1. The van der Waals surface area contributed by atoms with Crippen LogP contribution in [0.25, 0.3) is 11.1 Å². The second-order valence-corrected chi connectivity index (χ2v) is 5.22. The van der Waals surface area contributed by atoms with E-state index in [1.54, 1.807) is 11.8 Å². The number of thioether (sulfide) groups is 1. The molecule has 3 rings (SSSR count). The number of hydrogen-bond acceptors (Lipinski definition) is 5. The van der Waals surface area contributed by atoms with Crippen molar-refractivity contribution in [1.82, 2.24) is 4.98 Å². The Balaban J connectivity index is 1.72. The second-order valence-electron chi connectivity index (χ2n) is 4.25. The van der Waals surface area contributed by atoms with E-state index in [1.807, 2.05) is 18.2 Å². The van der Waals surface area contributed by atoms with Crippen LogP contribution in [0, 0.1) is 5.92 Å². The lowest BCUT2D eigenvalue weighted by Gasteiger charge is -2.02. The van der Waals surface area contributed by atoms with Crippen LogP contribution >= 0.6 is 11.8 Å². The van der Waals surface area contributed by atoms with E-state index >= 15 is 0 Å². The summed E-state index contributed by atoms with van der Waals surface area (Å²) >= 11 is 1.65. The molecular weight excluding hydrogens is 236 g/mol. The number of oxazole rings is 1. The van der Waals surface area contributed by atoms with E-state index in [2.05, 4.69) is 4.98 Å². The maximum atomic E-state index is 5.70. The summed E-state index contributed by atoms with van der Waals surface area (Å²) in [5, 5.41) is 0.720. The summed E-state index contributed by atoms with van der Waals surface area (Å²) in [5.74, 6) is 1.63. The quantitative estimate of drug-likeness (QED) is 0.670. The molecule has 0 radical (unpaired) electrons. The van der Waals surface area contributed by atoms with E-state index in [0.717, 1.165) is 41.7 Å². The Morgan fingerprint density at radius 3 is 3.24 bits per heavy atom. The van der Waals surface area contributed by atoms with Crippen LogP contribution < -0.4 is 5.73 Å². The molecule has 2 heterocycles. The van der Waals surface area contributed by atoms with Gasteiger partial charge in [-0.1, -0.05) is 11.8 Å². The first-order chi connectivity index (χ1) is 8.31. The molecule has 1 unspecified atom stereocenters. The third-order valence-electron chi connectivity index (χ3n) is 2.86. The van der Waals surface area contributed by atoms with Gasteiger partial charge in [-0.05, 0) is 24.5 Å². The van der Waals surface area contributed by atoms with Gasteiger partial charge < -0.3 is 14.9 Å². The van der Waals surface area contributed by atoms with Gasteiger partial charge in [0.15, 0.2) is 5.58 Å². The van der Waals surface area contributed by atoms with Crippen molar-refractivity contribution in [1.29, 1.82) is 0 Å². The molecule has 2 aromatic rings. The number of anilines is 1. The number of nitrogens with two attached hydrogens (primary N) is 1. The van der Waals surface area contributed by atoms with Gasteiger partial charge in [-0.2, -0.15) is 0 Å². The Hall–Kier alpha value is -1.20. The number of benzene rings is 1. The molecule has 1 aliphatic heterocycles. The number of nitrogens with zero attached hydrogens (tertiary/aromatic N) is 1. The molecule has 0 aliphatic carbocycles. The lowest BCUT2D eigenvalue weighted by atomic mass is 10.2. The molecule has 17 heavy (non-hydrogen) atoms. The summed E-state index contributed by atoms with van der Waals surface area (Å²) < 4.78 is 11.0. The van der Waals surface area contributed by atoms with Crippen molar-refractivity contribution in [3.05, 3.63) is 18.2 Å². The molecule has 4 nitrogen and oxygen atoms in total. The highest BCUT2D eigenvalue weighted by Crippen LogP contribution is 2.28. The fraction of sp³-hybridized carbons (Fsp3) is 0.417. The first kappa shape index (κ1) is 10.9. The van der Waals surface area contributed by atoms with Gasteiger partial charge in [-0.15, -0.1) is 0 Å². The Labute approximate surface area is 104 Å². The van der Waals surface area contributed by atoms with Gasteiger partial charge in [-0.25, -0.2) is 4.98 Å². The normalized spacial score (nSPS) is 20.1. The van der Waals surface area contributed by atoms with Gasteiger partial charge >= 0.3 is 0 Å². The maximum absolute atomic E-state index is 5.70. The highest BCUT2D eigenvalue weighted by molar-refractivity contribution is 7.99. The molecule has 1 saturated heterocycles. The molecule has 0 spiro atoms. The molecule has 1 aromatic carbocycles. The molecule has 2 N–H and O–H groups in total. The summed E-state index contributed by atoms with van der Waals surface area (Å²) in [6.45, 7) is 1.75. The molecule has 5 heteroatoms. The SMILES string of the molecule is Nc1ccc2nc(SCC3CCOC3)oc2c1. The molecule has 1 aliphatic rings. The number of hydrogen-bond donors (Lipinski definition) is 1. The van der Waals surface area contributed by atoms with E-state index < -0.39 is 0 Å². The van der Waals surface area contributed by atoms with Gasteiger partial charge in [0, 0.05) is 24.1 Å². The lowest BCUT2D eigenvalue weighted by molar-refractivity contribution is 0.189. The molecule has 0 saturated carbocycles. The molecule has 0 amide bonds. The zero-order valence-electron chi connectivity index (χ0n) is 9.39. The Bertz CT molecular complexity index is 520. The van der Waals surface area contributed by atoms with E-state index in [1.165, 1.54) is 0 Å². The maximum Gasteiger partial charge on any atom is 0.256 e. The largest absolute Gasteiger partial charge is 0.431 e. The molecule has 0 bridgehead atoms. The van der Waals surface area contributed by atoms with Crippen molar-refractivity contribution in [2.75, 3.05) is 24.7 Å². The number of rotatable bonds is 3. The first-order valence-electron chi connectivity index (χ1n) is 5.68. The average Bonchev–Trinajstić information content (AvgIpc) is 2.94. The standard InChI is InChI=1S/C12H14N2O2S/c13-9-1-2-10-11(5-9)16-12(14-10)17-7-8-3-4-15-6-8/h1-2,5,8H,3-4,6-7,13H2. The van der Waals surface area contributed by atoms with E-state index in [4.69, 9.17) is 14.9 Å². The first-order valence-corrected chi connectivity index (χ1v) is 6.66. The fourth-order valence-electron chi connectivity index (χ4n) is 1.89. The fourth-order valence-corrected chi connectivity index (χ4v) is 2.84. The van der Waals surface area contributed by atoms with Crippen molar-refractivity contribution in [2.24, 2.45) is 5.92 Å². The number of aromatic nitrogens is 1. The van der Waals surface area contributed by atoms with Crippen molar-refractivity contribution in [2.45, 2.75) is 11.6 Å². The van der Waals surface area contributed by atoms with Crippen LogP contribution in [0.3, 0.4) is 0 Å². The lowest BCUT2D eigenvalue weighted by Crippen LogP contribution is -2.01. The number of ether oxygens (including phenoxy) is 1. The summed E-state index contributed by atoms with van der Waals surface area (Å²) in [4.78, 5) is 4.41. The summed E-state index contributed by atoms with van der Waals surface area (Å²) in [6, 6.07) is 5.53. The number of nitrogen functional groups attached to an aromatic ring is 1. The van der Waals surface area contributed by atoms with Crippen LogP contribution in [-0.4, -0.2) is 24.0 Å². The summed E-state index contributed by atoms with van der Waals surface area (Å²) in [5.41, 5.74) is 8.02. The highest BCUT2D eigenvalue weighted by Gasteiger charge is 2.17. The molecule has 1 atom stereocenters. The van der Waals surface area contributed by atoms with Gasteiger partial charge in [0.05, 0.1) is 6.61 Å². The predicted octanol–water partition coefficient (Wildman–Crippen LogP) is 2.54. The van der Waals surface area contributed by atoms with Crippen LogP contribution in [0.4, 0.5) is 5.69 Å². The van der Waals surface area contributed by atoms with Crippen molar-refractivity contribution < 1.29 is 9.15 Å². The van der Waals surface area contributed by atoms with Crippen LogP contribution in [0.1, 0.15) is 6.42 Å². The van der Waals surface area contributed by atoms with Crippen LogP contribution in [0.2, 0.25) is 0 Å². The third kappa shape index (κ3) is 2.40. The Kier molecular flexibility index (Phi) is 2.94. The van der Waals surface area contributed by atoms with Crippen molar-refractivity contribution in [3.63, 3.8) is 0 Å². The minimum Gasteiger partial charge on any atom is -0.431 e. The highest BCUT2D eigenvalue weighted by atomic mass is 32.2. The molecule has 1 fully saturated rings. The molecule has 90 valence electrons. The third-order valence-corrected chi connectivity index (χ3v) is 3.92. The van der Waals surface area contributed by atoms with Crippen LogP contribution in [-0.2, 0) is 4.74 Å². The zero-order chi connectivity index (χ0) is 11.7. The predicted molar refractivity (Wildman–Crippen MR) is 68.1 cm³/mol. The van der Waals surface area contributed by atoms with Gasteiger partial charge in [0.1, 0.15) is 5.52 Å². The monoisotopic (exact) mass is 250 g/mol. The van der Waals surface area contributed by atoms with E-state index in [-0.39, 0.29) is 0 Å².